The summed E-state index contributed by atoms with van der Waals surface area (Å²) in [6, 6.07) is 3.40. The van der Waals surface area contributed by atoms with Gasteiger partial charge in [0.1, 0.15) is 11.5 Å². The molecule has 1 aromatic carbocycles. The fourth-order valence-electron chi connectivity index (χ4n) is 4.99. The quantitative estimate of drug-likeness (QED) is 0.413. The highest BCUT2D eigenvalue weighted by Gasteiger charge is 2.66. The molecule has 5 rings (SSSR count). The van der Waals surface area contributed by atoms with E-state index >= 15 is 4.39 Å². The SMILES string of the molecule is COC[C@]12C[C@H]1[C@@](C)(c1cc(CC(=O)c3cnc(OCc4nc(C)no4)cn3)cc(C)c1F)N=C(N)S2. The summed E-state index contributed by atoms with van der Waals surface area (Å²) in [6.07, 6.45) is 3.56. The Labute approximate surface area is 217 Å². The predicted molar refractivity (Wildman–Crippen MR) is 134 cm³/mol. The van der Waals surface area contributed by atoms with Crippen LogP contribution >= 0.6 is 11.8 Å². The summed E-state index contributed by atoms with van der Waals surface area (Å²) in [4.78, 5) is 30.1. The largest absolute Gasteiger partial charge is 0.466 e. The normalized spacial score (nSPS) is 24.4. The fourth-order valence-corrected chi connectivity index (χ4v) is 6.44. The number of ether oxygens (including phenoxy) is 2. The lowest BCUT2D eigenvalue weighted by Crippen LogP contribution is -2.38. The Balaban J connectivity index is 1.33. The Morgan fingerprint density at radius 3 is 2.78 bits per heavy atom. The van der Waals surface area contributed by atoms with Crippen molar-refractivity contribution < 1.29 is 23.2 Å². The molecule has 0 bridgehead atoms. The van der Waals surface area contributed by atoms with E-state index in [2.05, 4.69) is 20.1 Å². The van der Waals surface area contributed by atoms with Crippen LogP contribution in [0.2, 0.25) is 0 Å². The number of amidine groups is 1. The molecule has 1 aliphatic heterocycles. The lowest BCUT2D eigenvalue weighted by molar-refractivity contribution is 0.0987. The first kappa shape index (κ1) is 25.3. The maximum Gasteiger partial charge on any atom is 0.264 e. The molecule has 1 fully saturated rings. The van der Waals surface area contributed by atoms with Gasteiger partial charge in [0.25, 0.3) is 5.89 Å². The Morgan fingerprint density at radius 1 is 1.30 bits per heavy atom. The van der Waals surface area contributed by atoms with Crippen LogP contribution in [0.25, 0.3) is 0 Å². The number of rotatable bonds is 9. The van der Waals surface area contributed by atoms with Gasteiger partial charge in [0, 0.05) is 25.0 Å². The molecule has 37 heavy (non-hydrogen) atoms. The minimum absolute atomic E-state index is 0.0299. The summed E-state index contributed by atoms with van der Waals surface area (Å²) in [7, 11) is 1.65. The highest BCUT2D eigenvalue weighted by atomic mass is 32.2. The van der Waals surface area contributed by atoms with Gasteiger partial charge in [0.15, 0.2) is 23.4 Å². The summed E-state index contributed by atoms with van der Waals surface area (Å²) < 4.78 is 31.1. The van der Waals surface area contributed by atoms with Crippen molar-refractivity contribution in [3.8, 4) is 5.88 Å². The molecule has 1 saturated carbocycles. The number of methoxy groups -OCH3 is 1. The summed E-state index contributed by atoms with van der Waals surface area (Å²) >= 11 is 1.50. The summed E-state index contributed by atoms with van der Waals surface area (Å²) in [5.74, 6) is 0.516. The molecule has 3 atom stereocenters. The van der Waals surface area contributed by atoms with Crippen LogP contribution in [0.15, 0.2) is 34.0 Å². The van der Waals surface area contributed by atoms with E-state index in [1.54, 1.807) is 33.1 Å². The molecule has 1 aliphatic carbocycles. The Hall–Kier alpha value is -3.38. The second kappa shape index (κ2) is 9.49. The van der Waals surface area contributed by atoms with Gasteiger partial charge < -0.3 is 19.7 Å². The first-order valence-electron chi connectivity index (χ1n) is 11.7. The van der Waals surface area contributed by atoms with Gasteiger partial charge in [-0.25, -0.2) is 14.4 Å². The van der Waals surface area contributed by atoms with E-state index in [1.807, 2.05) is 6.92 Å². The number of benzene rings is 1. The third-order valence-corrected chi connectivity index (χ3v) is 8.07. The number of ketones is 1. The lowest BCUT2D eigenvalue weighted by Gasteiger charge is -2.34. The van der Waals surface area contributed by atoms with E-state index in [1.165, 1.54) is 24.2 Å². The zero-order valence-electron chi connectivity index (χ0n) is 20.9. The Kier molecular flexibility index (Phi) is 6.48. The number of nitrogens with two attached hydrogens (primary N) is 1. The highest BCUT2D eigenvalue weighted by Crippen LogP contribution is 2.66. The number of halogens is 1. The fraction of sp³-hybridized carbons (Fsp3) is 0.440. The van der Waals surface area contributed by atoms with Crippen molar-refractivity contribution >= 4 is 22.7 Å². The van der Waals surface area contributed by atoms with Crippen molar-refractivity contribution in [1.82, 2.24) is 20.1 Å². The molecule has 0 spiro atoms. The monoisotopic (exact) mass is 526 g/mol. The second-order valence-electron chi connectivity index (χ2n) is 9.59. The molecule has 0 saturated heterocycles. The average molecular weight is 527 g/mol. The molecule has 10 nitrogen and oxygen atoms in total. The molecular weight excluding hydrogens is 499 g/mol. The minimum Gasteiger partial charge on any atom is -0.466 e. The van der Waals surface area contributed by atoms with Crippen molar-refractivity contribution in [2.75, 3.05) is 13.7 Å². The predicted octanol–water partition coefficient (Wildman–Crippen LogP) is 3.30. The van der Waals surface area contributed by atoms with Gasteiger partial charge in [-0.15, -0.1) is 0 Å². The van der Waals surface area contributed by atoms with Crippen molar-refractivity contribution in [3.05, 3.63) is 64.4 Å². The van der Waals surface area contributed by atoms with Gasteiger partial charge in [0.2, 0.25) is 5.88 Å². The summed E-state index contributed by atoms with van der Waals surface area (Å²) in [6.45, 7) is 5.85. The van der Waals surface area contributed by atoms with E-state index in [9.17, 15) is 4.79 Å². The number of aliphatic imine (C=N–C) groups is 1. The van der Waals surface area contributed by atoms with E-state index in [0.29, 0.717) is 40.2 Å². The number of nitrogens with zero attached hydrogens (tertiary/aromatic N) is 5. The number of thioether (sulfide) groups is 1. The third kappa shape index (κ3) is 4.82. The molecule has 3 aromatic rings. The maximum absolute atomic E-state index is 15.5. The minimum atomic E-state index is -0.850. The molecule has 0 amide bonds. The Bertz CT molecular complexity index is 1380. The number of hydrogen-bond donors (Lipinski definition) is 1. The first-order valence-corrected chi connectivity index (χ1v) is 12.6. The van der Waals surface area contributed by atoms with E-state index in [0.717, 1.165) is 6.42 Å². The smallest absolute Gasteiger partial charge is 0.264 e. The number of Topliss-reactive ketones (excluding diaryl/α,β-unsaturated/α-hetero) is 1. The van der Waals surface area contributed by atoms with Crippen LogP contribution in [0.3, 0.4) is 0 Å². The topological polar surface area (TPSA) is 139 Å². The zero-order valence-corrected chi connectivity index (χ0v) is 21.8. The van der Waals surface area contributed by atoms with Gasteiger partial charge in [-0.1, -0.05) is 23.0 Å². The van der Waals surface area contributed by atoms with Crippen LogP contribution in [0, 0.1) is 25.6 Å². The molecule has 2 aromatic heterocycles. The zero-order chi connectivity index (χ0) is 26.4. The second-order valence-corrected chi connectivity index (χ2v) is 11.0. The van der Waals surface area contributed by atoms with Crippen LogP contribution in [0.4, 0.5) is 4.39 Å². The molecule has 2 aliphatic rings. The highest BCUT2D eigenvalue weighted by molar-refractivity contribution is 8.15. The summed E-state index contributed by atoms with van der Waals surface area (Å²) in [5.41, 5.74) is 7.04. The van der Waals surface area contributed by atoms with Crippen LogP contribution in [0.1, 0.15) is 52.2 Å². The molecule has 3 heterocycles. The van der Waals surface area contributed by atoms with E-state index in [4.69, 9.17) is 24.7 Å². The van der Waals surface area contributed by atoms with E-state index < -0.39 is 5.54 Å². The van der Waals surface area contributed by atoms with Crippen LogP contribution in [0.5, 0.6) is 5.88 Å². The Morgan fingerprint density at radius 2 is 2.11 bits per heavy atom. The standard InChI is InChI=1S/C25H27FN6O4S/c1-13-5-15(6-16(22(13)26)24(3)19-8-25(19,12-34-4)37-23(27)31-24)7-18(33)17-9-29-20(10-28-17)35-11-21-30-14(2)32-36-21/h5-6,9-10,19H,7-8,11-12H2,1-4H3,(H2,27,31)/t19-,24+,25+/m0/s1. The number of hydrogen-bond acceptors (Lipinski definition) is 11. The van der Waals surface area contributed by atoms with Gasteiger partial charge in [-0.05, 0) is 44.4 Å². The number of carbonyl (C=O) groups is 1. The average Bonchev–Trinajstić information content (AvgIpc) is 3.42. The molecular formula is C25H27FN6O4S. The van der Waals surface area contributed by atoms with Crippen LogP contribution < -0.4 is 10.5 Å². The van der Waals surface area contributed by atoms with Gasteiger partial charge in [-0.3, -0.25) is 9.79 Å². The molecule has 12 heteroatoms. The lowest BCUT2D eigenvalue weighted by atomic mass is 9.83. The molecule has 0 radical (unpaired) electrons. The molecule has 0 unspecified atom stereocenters. The van der Waals surface area contributed by atoms with Crippen molar-refractivity contribution in [1.29, 1.82) is 0 Å². The third-order valence-electron chi connectivity index (χ3n) is 6.79. The van der Waals surface area contributed by atoms with Crippen LogP contribution in [-0.2, 0) is 23.3 Å². The number of aryl methyl sites for hydroxylation is 2. The number of fused-ring (bicyclic) bond motifs is 1. The van der Waals surface area contributed by atoms with Crippen LogP contribution in [-0.4, -0.2) is 49.5 Å². The summed E-state index contributed by atoms with van der Waals surface area (Å²) in [5, 5.41) is 4.10. The number of carbonyl (C=O) groups excluding carboxylic acids is 1. The van der Waals surface area contributed by atoms with Crippen molar-refractivity contribution in [3.63, 3.8) is 0 Å². The maximum atomic E-state index is 15.5. The molecule has 2 N–H and O–H groups in total. The van der Waals surface area contributed by atoms with Crippen molar-refractivity contribution in [2.24, 2.45) is 16.6 Å². The first-order chi connectivity index (χ1) is 17.6. The van der Waals surface area contributed by atoms with E-state index in [-0.39, 0.29) is 46.9 Å². The number of aromatic nitrogens is 4. The van der Waals surface area contributed by atoms with Gasteiger partial charge in [0.05, 0.1) is 29.3 Å². The van der Waals surface area contributed by atoms with Crippen molar-refractivity contribution in [2.45, 2.75) is 50.5 Å². The molecule has 194 valence electrons. The van der Waals surface area contributed by atoms with Gasteiger partial charge >= 0.3 is 0 Å². The van der Waals surface area contributed by atoms with Gasteiger partial charge in [-0.2, -0.15) is 4.98 Å².